The minimum Gasteiger partial charge on any atom is -0.336 e. The first kappa shape index (κ1) is 20.6. The Morgan fingerprint density at radius 3 is 2.79 bits per heavy atom. The van der Waals surface area contributed by atoms with Crippen molar-refractivity contribution >= 4 is 33.4 Å². The van der Waals surface area contributed by atoms with Crippen molar-refractivity contribution in [3.63, 3.8) is 0 Å². The number of H-pyrrole nitrogens is 2. The molecule has 168 valence electrons. The average Bonchev–Trinajstić information content (AvgIpc) is 3.59. The second-order valence-electron chi connectivity index (χ2n) is 7.80. The molecule has 0 amide bonds. The van der Waals surface area contributed by atoms with Gasteiger partial charge in [0.25, 0.3) is 0 Å². The molecule has 0 fully saturated rings. The summed E-state index contributed by atoms with van der Waals surface area (Å²) in [5.41, 5.74) is 6.44. The molecule has 0 aromatic carbocycles. The lowest BCUT2D eigenvalue weighted by Gasteiger charge is -2.05. The number of thiophene rings is 1. The lowest BCUT2D eigenvalue weighted by Crippen LogP contribution is -2.11. The molecule has 0 unspecified atom stereocenters. The van der Waals surface area contributed by atoms with Gasteiger partial charge in [-0.3, -0.25) is 15.1 Å². The third-order valence-electron chi connectivity index (χ3n) is 5.56. The summed E-state index contributed by atoms with van der Waals surface area (Å²) in [5.74, 6) is 0.588. The van der Waals surface area contributed by atoms with Crippen molar-refractivity contribution in [1.82, 2.24) is 40.4 Å². The summed E-state index contributed by atoms with van der Waals surface area (Å²) in [5, 5.41) is 11.4. The number of hydrogen-bond acceptors (Lipinski definition) is 7. The van der Waals surface area contributed by atoms with Crippen LogP contribution in [0, 0.1) is 5.13 Å². The Kier molecular flexibility index (Phi) is 5.08. The SMILES string of the molecule is CCNCc1cncc(-c2cnc3[nH]nc(-c4nc5c(-c6ccc(F)s6)nccc5[nH]4)c3c2)c1. The Bertz CT molecular complexity index is 1630. The zero-order valence-electron chi connectivity index (χ0n) is 18.1. The molecule has 10 heteroatoms. The van der Waals surface area contributed by atoms with Crippen molar-refractivity contribution in [3.8, 4) is 33.2 Å². The van der Waals surface area contributed by atoms with Gasteiger partial charge in [-0.05, 0) is 42.4 Å². The smallest absolute Gasteiger partial charge is 0.177 e. The standard InChI is InChI=1S/C24H19FN8S/c1-2-26-9-13-7-14(11-27-10-13)15-8-16-20(32-33-23(16)29-12-15)24-30-17-5-6-28-22(21(17)31-24)18-3-4-19(25)34-18/h3-8,10-12,26H,2,9H2,1H3,(H,30,31)(H,29,32,33). The molecule has 0 radical (unpaired) electrons. The van der Waals surface area contributed by atoms with Crippen LogP contribution in [0.2, 0.25) is 0 Å². The number of rotatable bonds is 6. The van der Waals surface area contributed by atoms with Crippen LogP contribution in [-0.4, -0.2) is 41.7 Å². The van der Waals surface area contributed by atoms with Gasteiger partial charge in [-0.25, -0.2) is 9.97 Å². The van der Waals surface area contributed by atoms with Gasteiger partial charge in [0, 0.05) is 42.5 Å². The number of pyridine rings is 3. The highest BCUT2D eigenvalue weighted by atomic mass is 32.1. The summed E-state index contributed by atoms with van der Waals surface area (Å²) in [4.78, 5) is 22.2. The maximum Gasteiger partial charge on any atom is 0.177 e. The Morgan fingerprint density at radius 1 is 1.03 bits per heavy atom. The molecule has 6 aromatic heterocycles. The number of nitrogens with zero attached hydrogens (tertiary/aromatic N) is 5. The molecule has 8 nitrogen and oxygen atoms in total. The molecule has 0 saturated carbocycles. The van der Waals surface area contributed by atoms with Crippen LogP contribution in [0.25, 0.3) is 55.3 Å². The predicted molar refractivity (Wildman–Crippen MR) is 131 cm³/mol. The Labute approximate surface area is 197 Å². The van der Waals surface area contributed by atoms with Crippen LogP contribution in [0.15, 0.2) is 55.1 Å². The second-order valence-corrected chi connectivity index (χ2v) is 8.83. The molecule has 0 aliphatic heterocycles. The van der Waals surface area contributed by atoms with Crippen LogP contribution in [0.1, 0.15) is 12.5 Å². The van der Waals surface area contributed by atoms with Crippen molar-refractivity contribution in [3.05, 3.63) is 65.8 Å². The predicted octanol–water partition coefficient (Wildman–Crippen LogP) is 4.94. The number of aromatic nitrogens is 7. The summed E-state index contributed by atoms with van der Waals surface area (Å²) in [6.45, 7) is 3.73. The molecule has 0 aliphatic carbocycles. The third-order valence-corrected chi connectivity index (χ3v) is 6.44. The fourth-order valence-electron chi connectivity index (χ4n) is 3.92. The summed E-state index contributed by atoms with van der Waals surface area (Å²) in [6, 6.07) is 9.15. The zero-order chi connectivity index (χ0) is 23.1. The van der Waals surface area contributed by atoms with Crippen LogP contribution in [0.3, 0.4) is 0 Å². The normalized spacial score (nSPS) is 11.6. The fourth-order valence-corrected chi connectivity index (χ4v) is 4.65. The lowest BCUT2D eigenvalue weighted by atomic mass is 10.1. The first-order chi connectivity index (χ1) is 16.7. The topological polar surface area (TPSA) is 108 Å². The van der Waals surface area contributed by atoms with Crippen LogP contribution in [0.4, 0.5) is 4.39 Å². The molecular weight excluding hydrogens is 451 g/mol. The molecule has 0 saturated heterocycles. The fraction of sp³-hybridized carbons (Fsp3) is 0.125. The van der Waals surface area contributed by atoms with E-state index in [1.807, 2.05) is 30.7 Å². The third kappa shape index (κ3) is 3.62. The van der Waals surface area contributed by atoms with Crippen LogP contribution in [0.5, 0.6) is 0 Å². The Balaban J connectivity index is 1.44. The number of imidazole rings is 1. The number of hydrogen-bond donors (Lipinski definition) is 3. The van der Waals surface area contributed by atoms with Gasteiger partial charge >= 0.3 is 0 Å². The van der Waals surface area contributed by atoms with Gasteiger partial charge in [0.1, 0.15) is 16.9 Å². The molecular formula is C24H19FN8S. The van der Waals surface area contributed by atoms with Gasteiger partial charge in [0.15, 0.2) is 16.6 Å². The van der Waals surface area contributed by atoms with Crippen molar-refractivity contribution < 1.29 is 4.39 Å². The molecule has 0 spiro atoms. The van der Waals surface area contributed by atoms with Gasteiger partial charge in [-0.2, -0.15) is 9.49 Å². The molecule has 0 aliphatic rings. The highest BCUT2D eigenvalue weighted by molar-refractivity contribution is 7.13. The highest BCUT2D eigenvalue weighted by Crippen LogP contribution is 2.33. The van der Waals surface area contributed by atoms with E-state index < -0.39 is 0 Å². The van der Waals surface area contributed by atoms with E-state index in [1.54, 1.807) is 12.3 Å². The minimum absolute atomic E-state index is 0.259. The van der Waals surface area contributed by atoms with E-state index >= 15 is 0 Å². The maximum absolute atomic E-state index is 13.6. The molecule has 6 aromatic rings. The van der Waals surface area contributed by atoms with E-state index in [1.165, 1.54) is 6.07 Å². The number of nitrogens with one attached hydrogen (secondary N) is 3. The van der Waals surface area contributed by atoms with Gasteiger partial charge in [0.2, 0.25) is 0 Å². The first-order valence-electron chi connectivity index (χ1n) is 10.8. The maximum atomic E-state index is 13.6. The quantitative estimate of drug-likeness (QED) is 0.318. The largest absolute Gasteiger partial charge is 0.336 e. The van der Waals surface area contributed by atoms with E-state index in [0.29, 0.717) is 28.4 Å². The monoisotopic (exact) mass is 470 g/mol. The molecule has 3 N–H and O–H groups in total. The number of fused-ring (bicyclic) bond motifs is 2. The number of aromatic amines is 2. The van der Waals surface area contributed by atoms with E-state index in [0.717, 1.165) is 56.9 Å². The van der Waals surface area contributed by atoms with Crippen molar-refractivity contribution in [2.24, 2.45) is 0 Å². The highest BCUT2D eigenvalue weighted by Gasteiger charge is 2.18. The van der Waals surface area contributed by atoms with E-state index in [4.69, 9.17) is 4.98 Å². The van der Waals surface area contributed by atoms with Crippen LogP contribution < -0.4 is 5.32 Å². The first-order valence-corrected chi connectivity index (χ1v) is 11.6. The Morgan fingerprint density at radius 2 is 1.94 bits per heavy atom. The van der Waals surface area contributed by atoms with E-state index in [2.05, 4.69) is 48.4 Å². The summed E-state index contributed by atoms with van der Waals surface area (Å²) in [6.07, 6.45) is 7.19. The van der Waals surface area contributed by atoms with Gasteiger partial charge in [0.05, 0.1) is 15.8 Å². The second kappa shape index (κ2) is 8.40. The van der Waals surface area contributed by atoms with Crippen LogP contribution in [-0.2, 0) is 6.54 Å². The lowest BCUT2D eigenvalue weighted by molar-refractivity contribution is 0.657. The van der Waals surface area contributed by atoms with Crippen molar-refractivity contribution in [2.75, 3.05) is 6.54 Å². The molecule has 6 rings (SSSR count). The molecule has 34 heavy (non-hydrogen) atoms. The van der Waals surface area contributed by atoms with Gasteiger partial charge in [-0.15, -0.1) is 11.3 Å². The summed E-state index contributed by atoms with van der Waals surface area (Å²) >= 11 is 1.05. The molecule has 0 atom stereocenters. The van der Waals surface area contributed by atoms with E-state index in [-0.39, 0.29) is 5.13 Å². The molecule has 6 heterocycles. The zero-order valence-corrected chi connectivity index (χ0v) is 18.9. The minimum atomic E-state index is -0.259. The van der Waals surface area contributed by atoms with Gasteiger partial charge < -0.3 is 10.3 Å². The van der Waals surface area contributed by atoms with Gasteiger partial charge in [-0.1, -0.05) is 6.92 Å². The molecule has 0 bridgehead atoms. The van der Waals surface area contributed by atoms with Crippen molar-refractivity contribution in [2.45, 2.75) is 13.5 Å². The van der Waals surface area contributed by atoms with Crippen LogP contribution >= 0.6 is 11.3 Å². The average molecular weight is 471 g/mol. The summed E-state index contributed by atoms with van der Waals surface area (Å²) < 4.78 is 13.6. The summed E-state index contributed by atoms with van der Waals surface area (Å²) in [7, 11) is 0. The Hall–Kier alpha value is -4.02. The van der Waals surface area contributed by atoms with E-state index in [9.17, 15) is 4.39 Å². The van der Waals surface area contributed by atoms with Crippen molar-refractivity contribution in [1.29, 1.82) is 0 Å². The number of halogens is 1.